The van der Waals surface area contributed by atoms with E-state index in [4.69, 9.17) is 0 Å². The molecule has 0 aromatic heterocycles. The molecule has 0 N–H and O–H groups in total. The Hall–Kier alpha value is -2.00. The molecule has 0 unspecified atom stereocenters. The van der Waals surface area contributed by atoms with Crippen LogP contribution in [-0.2, 0) is 6.54 Å². The predicted molar refractivity (Wildman–Crippen MR) is 114 cm³/mol. The Kier molecular flexibility index (Phi) is 6.21. The average Bonchev–Trinajstić information content (AvgIpc) is 2.70. The van der Waals surface area contributed by atoms with Gasteiger partial charge in [-0.1, -0.05) is 36.3 Å². The first-order valence-electron chi connectivity index (χ1n) is 10.5. The van der Waals surface area contributed by atoms with E-state index in [-0.39, 0.29) is 0 Å². The summed E-state index contributed by atoms with van der Waals surface area (Å²) in [5, 5.41) is 0. The van der Waals surface area contributed by atoms with Crippen LogP contribution in [0.15, 0.2) is 41.6 Å². The third-order valence-corrected chi connectivity index (χ3v) is 6.07. The third-order valence-electron chi connectivity index (χ3n) is 6.07. The second-order valence-electron chi connectivity index (χ2n) is 8.40. The molecule has 150 valence electrons. The lowest BCUT2D eigenvalue weighted by Gasteiger charge is -2.42. The SMILES string of the molecule is CN1CCN(C#CCN2CCC3=C(C2)CN(Cc2ccccc2)CN3C)CC1. The van der Waals surface area contributed by atoms with Gasteiger partial charge in [-0.15, -0.1) is 0 Å². The largest absolute Gasteiger partial charge is 0.365 e. The molecule has 1 aromatic rings. The summed E-state index contributed by atoms with van der Waals surface area (Å²) in [5.74, 6) is 3.43. The van der Waals surface area contributed by atoms with Crippen molar-refractivity contribution in [2.75, 3.05) is 73.1 Å². The van der Waals surface area contributed by atoms with Crippen LogP contribution in [0.2, 0.25) is 0 Å². The fourth-order valence-electron chi connectivity index (χ4n) is 4.45. The van der Waals surface area contributed by atoms with Crippen LogP contribution in [0.25, 0.3) is 0 Å². The Labute approximate surface area is 170 Å². The lowest BCUT2D eigenvalue weighted by atomic mass is 10.0. The van der Waals surface area contributed by atoms with Gasteiger partial charge in [0.05, 0.1) is 13.2 Å². The highest BCUT2D eigenvalue weighted by molar-refractivity contribution is 5.24. The van der Waals surface area contributed by atoms with Gasteiger partial charge < -0.3 is 14.7 Å². The highest BCUT2D eigenvalue weighted by atomic mass is 15.3. The number of nitrogens with zero attached hydrogens (tertiary/aromatic N) is 5. The lowest BCUT2D eigenvalue weighted by Crippen LogP contribution is -2.47. The first kappa shape index (κ1) is 19.3. The normalized spacial score (nSPS) is 22.1. The van der Waals surface area contributed by atoms with Crippen molar-refractivity contribution in [3.05, 3.63) is 47.2 Å². The van der Waals surface area contributed by atoms with Crippen LogP contribution in [-0.4, -0.2) is 97.6 Å². The molecule has 0 radical (unpaired) electrons. The number of hydrogen-bond acceptors (Lipinski definition) is 5. The molecule has 0 atom stereocenters. The summed E-state index contributed by atoms with van der Waals surface area (Å²) in [6, 6.07) is 14.2. The summed E-state index contributed by atoms with van der Waals surface area (Å²) in [7, 11) is 4.43. The highest BCUT2D eigenvalue weighted by Gasteiger charge is 2.27. The zero-order valence-corrected chi connectivity index (χ0v) is 17.4. The predicted octanol–water partition coefficient (Wildman–Crippen LogP) is 1.56. The second kappa shape index (κ2) is 9.00. The lowest BCUT2D eigenvalue weighted by molar-refractivity contribution is 0.137. The minimum atomic E-state index is 0.880. The molecule has 0 saturated carbocycles. The van der Waals surface area contributed by atoms with Crippen molar-refractivity contribution in [2.24, 2.45) is 0 Å². The second-order valence-corrected chi connectivity index (χ2v) is 8.40. The number of likely N-dealkylation sites (N-methyl/N-ethyl adjacent to an activating group) is 1. The van der Waals surface area contributed by atoms with E-state index in [1.54, 1.807) is 11.3 Å². The van der Waals surface area contributed by atoms with Gasteiger partial charge in [0, 0.05) is 77.6 Å². The Morgan fingerprint density at radius 3 is 2.43 bits per heavy atom. The van der Waals surface area contributed by atoms with Crippen molar-refractivity contribution < 1.29 is 0 Å². The zero-order valence-electron chi connectivity index (χ0n) is 17.4. The minimum Gasteiger partial charge on any atom is -0.365 e. The fraction of sp³-hybridized carbons (Fsp3) is 0.565. The van der Waals surface area contributed by atoms with Crippen LogP contribution in [0.3, 0.4) is 0 Å². The van der Waals surface area contributed by atoms with Crippen LogP contribution in [0.4, 0.5) is 0 Å². The van der Waals surface area contributed by atoms with Crippen LogP contribution in [0.5, 0.6) is 0 Å². The van der Waals surface area contributed by atoms with Crippen molar-refractivity contribution in [3.63, 3.8) is 0 Å². The first-order chi connectivity index (χ1) is 13.7. The van der Waals surface area contributed by atoms with E-state index in [1.165, 1.54) is 5.56 Å². The molecule has 5 nitrogen and oxygen atoms in total. The number of rotatable bonds is 3. The Morgan fingerprint density at radius 2 is 1.64 bits per heavy atom. The summed E-state index contributed by atoms with van der Waals surface area (Å²) in [4.78, 5) is 12.2. The fourth-order valence-corrected chi connectivity index (χ4v) is 4.45. The van der Waals surface area contributed by atoms with Crippen molar-refractivity contribution in [3.8, 4) is 12.0 Å². The van der Waals surface area contributed by atoms with Gasteiger partial charge in [0.25, 0.3) is 0 Å². The third kappa shape index (κ3) is 4.88. The summed E-state index contributed by atoms with van der Waals surface area (Å²) in [5.41, 5.74) is 4.54. The molecule has 0 spiro atoms. The van der Waals surface area contributed by atoms with Gasteiger partial charge >= 0.3 is 0 Å². The number of hydrogen-bond donors (Lipinski definition) is 0. The van der Waals surface area contributed by atoms with E-state index in [1.807, 2.05) is 0 Å². The maximum atomic E-state index is 3.43. The van der Waals surface area contributed by atoms with Crippen LogP contribution >= 0.6 is 0 Å². The van der Waals surface area contributed by atoms with Crippen molar-refractivity contribution in [1.82, 2.24) is 24.5 Å². The molecule has 3 heterocycles. The van der Waals surface area contributed by atoms with Crippen LogP contribution < -0.4 is 0 Å². The van der Waals surface area contributed by atoms with Crippen molar-refractivity contribution in [1.29, 1.82) is 0 Å². The maximum absolute atomic E-state index is 3.43. The van der Waals surface area contributed by atoms with Gasteiger partial charge in [0.15, 0.2) is 0 Å². The van der Waals surface area contributed by atoms with Crippen LogP contribution in [0, 0.1) is 12.0 Å². The Bertz CT molecular complexity index is 739. The molecule has 1 saturated heterocycles. The minimum absolute atomic E-state index is 0.880. The van der Waals surface area contributed by atoms with Crippen LogP contribution in [0.1, 0.15) is 12.0 Å². The molecule has 28 heavy (non-hydrogen) atoms. The first-order valence-corrected chi connectivity index (χ1v) is 10.5. The van der Waals surface area contributed by atoms with E-state index in [9.17, 15) is 0 Å². The van der Waals surface area contributed by atoms with Gasteiger partial charge in [-0.2, -0.15) is 0 Å². The van der Waals surface area contributed by atoms with Gasteiger partial charge in [0.2, 0.25) is 0 Å². The number of piperazine rings is 1. The summed E-state index contributed by atoms with van der Waals surface area (Å²) in [6.45, 7) is 10.6. The van der Waals surface area contributed by atoms with E-state index in [0.29, 0.717) is 0 Å². The van der Waals surface area contributed by atoms with Gasteiger partial charge in [-0.25, -0.2) is 0 Å². The average molecular weight is 380 g/mol. The van der Waals surface area contributed by atoms with Gasteiger partial charge in [-0.05, 0) is 18.2 Å². The maximum Gasteiger partial charge on any atom is 0.0706 e. The van der Waals surface area contributed by atoms with Gasteiger partial charge in [0.1, 0.15) is 0 Å². The molecule has 0 aliphatic carbocycles. The van der Waals surface area contributed by atoms with E-state index in [0.717, 1.165) is 72.0 Å². The quantitative estimate of drug-likeness (QED) is 0.739. The molecule has 4 rings (SSSR count). The summed E-state index contributed by atoms with van der Waals surface area (Å²) in [6.07, 6.45) is 1.15. The molecule has 5 heteroatoms. The van der Waals surface area contributed by atoms with E-state index < -0.39 is 0 Å². The highest BCUT2D eigenvalue weighted by Crippen LogP contribution is 2.26. The van der Waals surface area contributed by atoms with E-state index >= 15 is 0 Å². The molecule has 1 aromatic carbocycles. The van der Waals surface area contributed by atoms with E-state index in [2.05, 4.69) is 80.9 Å². The zero-order chi connectivity index (χ0) is 19.3. The number of benzene rings is 1. The smallest absolute Gasteiger partial charge is 0.0706 e. The Morgan fingerprint density at radius 1 is 0.893 bits per heavy atom. The monoisotopic (exact) mass is 379 g/mol. The molecular weight excluding hydrogens is 346 g/mol. The van der Waals surface area contributed by atoms with Gasteiger partial charge in [-0.3, -0.25) is 9.80 Å². The molecule has 0 amide bonds. The molecular formula is C23H33N5. The molecule has 1 fully saturated rings. The molecule has 3 aliphatic rings. The standard InChI is InChI=1S/C23H33N5/c1-24-13-15-26(16-14-24)10-6-11-27-12-9-23-22(18-27)19-28(20-25(23)2)17-21-7-4-3-5-8-21/h3-5,7-8H,9,11-20H2,1-2H3. The van der Waals surface area contributed by atoms with Crippen molar-refractivity contribution >= 4 is 0 Å². The summed E-state index contributed by atoms with van der Waals surface area (Å²) < 4.78 is 0. The molecule has 3 aliphatic heterocycles. The summed E-state index contributed by atoms with van der Waals surface area (Å²) >= 11 is 0. The van der Waals surface area contributed by atoms with Crippen molar-refractivity contribution in [2.45, 2.75) is 13.0 Å². The molecule has 0 bridgehead atoms. The topological polar surface area (TPSA) is 16.2 Å². The Balaban J connectivity index is 1.32.